The first kappa shape index (κ1) is 20.3. The Kier molecular flexibility index (Phi) is 6.25. The van der Waals surface area contributed by atoms with E-state index in [-0.39, 0.29) is 24.9 Å². The second kappa shape index (κ2) is 7.40. The van der Waals surface area contributed by atoms with Crippen LogP contribution in [0.15, 0.2) is 0 Å². The zero-order valence-corrected chi connectivity index (χ0v) is 15.7. The quantitative estimate of drug-likeness (QED) is 0.578. The SMILES string of the molecule is COC(=O)[C@H]1C[C@@H](CC(=O)OC(C)(C)C)CN1C(=O)OC(C)(C)C. The Bertz CT molecular complexity index is 488. The summed E-state index contributed by atoms with van der Waals surface area (Å²) in [6, 6.07) is -0.739. The van der Waals surface area contributed by atoms with Gasteiger partial charge in [-0.2, -0.15) is 0 Å². The summed E-state index contributed by atoms with van der Waals surface area (Å²) in [4.78, 5) is 37.6. The molecule has 0 spiro atoms. The van der Waals surface area contributed by atoms with Crippen LogP contribution in [-0.4, -0.2) is 53.8 Å². The average Bonchev–Trinajstić information content (AvgIpc) is 2.77. The lowest BCUT2D eigenvalue weighted by Gasteiger charge is -2.27. The molecule has 1 fully saturated rings. The van der Waals surface area contributed by atoms with E-state index in [1.54, 1.807) is 41.5 Å². The predicted octanol–water partition coefficient (Wildman–Crippen LogP) is 2.52. The van der Waals surface area contributed by atoms with Gasteiger partial charge in [-0.05, 0) is 53.9 Å². The van der Waals surface area contributed by atoms with Crippen molar-refractivity contribution in [2.45, 2.75) is 71.6 Å². The standard InChI is InChI=1S/C17H29NO6/c1-16(2,3)23-13(19)9-11-8-12(14(20)22-7)18(10-11)15(21)24-17(4,5)6/h11-12H,8-10H2,1-7H3/t11-,12+/m0/s1. The molecule has 0 aromatic carbocycles. The van der Waals surface area contributed by atoms with Crippen LogP contribution in [0.1, 0.15) is 54.4 Å². The molecule has 0 aromatic heterocycles. The smallest absolute Gasteiger partial charge is 0.411 e. The zero-order chi connectivity index (χ0) is 18.7. The normalized spacial score (nSPS) is 21.4. The Labute approximate surface area is 143 Å². The molecule has 0 bridgehead atoms. The van der Waals surface area contributed by atoms with E-state index in [1.165, 1.54) is 12.0 Å². The first-order valence-corrected chi connectivity index (χ1v) is 8.11. The molecule has 0 saturated carbocycles. The Morgan fingerprint density at radius 1 is 1.00 bits per heavy atom. The molecule has 7 heteroatoms. The molecule has 0 N–H and O–H groups in total. The summed E-state index contributed by atoms with van der Waals surface area (Å²) in [6.07, 6.45) is -0.0838. The van der Waals surface area contributed by atoms with Crippen LogP contribution in [-0.2, 0) is 23.8 Å². The fourth-order valence-corrected chi connectivity index (χ4v) is 2.57. The monoisotopic (exact) mass is 343 g/mol. The van der Waals surface area contributed by atoms with E-state index in [9.17, 15) is 14.4 Å². The second-order valence-corrected chi connectivity index (χ2v) is 8.06. The van der Waals surface area contributed by atoms with E-state index >= 15 is 0 Å². The molecule has 0 unspecified atom stereocenters. The van der Waals surface area contributed by atoms with Crippen molar-refractivity contribution < 1.29 is 28.6 Å². The van der Waals surface area contributed by atoms with Crippen molar-refractivity contribution in [3.8, 4) is 0 Å². The molecule has 1 heterocycles. The number of methoxy groups -OCH3 is 1. The van der Waals surface area contributed by atoms with Crippen LogP contribution in [0, 0.1) is 5.92 Å². The molecule has 1 saturated heterocycles. The summed E-state index contributed by atoms with van der Waals surface area (Å²) in [5.74, 6) is -1.02. The van der Waals surface area contributed by atoms with Crippen LogP contribution in [0.2, 0.25) is 0 Å². The Hall–Kier alpha value is -1.79. The van der Waals surface area contributed by atoms with Gasteiger partial charge in [-0.3, -0.25) is 9.69 Å². The van der Waals surface area contributed by atoms with Crippen molar-refractivity contribution in [2.24, 2.45) is 5.92 Å². The third-order valence-corrected chi connectivity index (χ3v) is 3.36. The lowest BCUT2D eigenvalue weighted by Crippen LogP contribution is -2.43. The van der Waals surface area contributed by atoms with Crippen molar-refractivity contribution in [3.63, 3.8) is 0 Å². The number of likely N-dealkylation sites (tertiary alicyclic amines) is 1. The van der Waals surface area contributed by atoms with Crippen molar-refractivity contribution in [2.75, 3.05) is 13.7 Å². The Morgan fingerprint density at radius 2 is 1.54 bits per heavy atom. The highest BCUT2D eigenvalue weighted by Crippen LogP contribution is 2.29. The van der Waals surface area contributed by atoms with E-state index < -0.39 is 29.3 Å². The minimum absolute atomic E-state index is 0.143. The third-order valence-electron chi connectivity index (χ3n) is 3.36. The summed E-state index contributed by atoms with van der Waals surface area (Å²) in [5, 5.41) is 0. The molecule has 7 nitrogen and oxygen atoms in total. The van der Waals surface area contributed by atoms with Crippen molar-refractivity contribution in [1.29, 1.82) is 0 Å². The summed E-state index contributed by atoms with van der Waals surface area (Å²) < 4.78 is 15.4. The van der Waals surface area contributed by atoms with Crippen LogP contribution in [0.3, 0.4) is 0 Å². The van der Waals surface area contributed by atoms with Gasteiger partial charge in [-0.15, -0.1) is 0 Å². The van der Waals surface area contributed by atoms with Crippen molar-refractivity contribution in [1.82, 2.24) is 4.90 Å². The number of nitrogens with zero attached hydrogens (tertiary/aromatic N) is 1. The molecule has 1 amide bonds. The van der Waals surface area contributed by atoms with Crippen LogP contribution in [0.5, 0.6) is 0 Å². The second-order valence-electron chi connectivity index (χ2n) is 8.06. The first-order valence-electron chi connectivity index (χ1n) is 8.11. The molecule has 1 rings (SSSR count). The van der Waals surface area contributed by atoms with Crippen LogP contribution in [0.4, 0.5) is 4.79 Å². The zero-order valence-electron chi connectivity index (χ0n) is 15.7. The lowest BCUT2D eigenvalue weighted by molar-refractivity contribution is -0.156. The molecule has 24 heavy (non-hydrogen) atoms. The fourth-order valence-electron chi connectivity index (χ4n) is 2.57. The van der Waals surface area contributed by atoms with Gasteiger partial charge in [0.05, 0.1) is 13.5 Å². The number of carbonyl (C=O) groups excluding carboxylic acids is 3. The number of hydrogen-bond acceptors (Lipinski definition) is 6. The van der Waals surface area contributed by atoms with Gasteiger partial charge in [0.15, 0.2) is 0 Å². The first-order chi connectivity index (χ1) is 10.8. The fraction of sp³-hybridized carbons (Fsp3) is 0.824. The van der Waals surface area contributed by atoms with Gasteiger partial charge in [-0.1, -0.05) is 0 Å². The number of amides is 1. The number of carbonyl (C=O) groups is 3. The topological polar surface area (TPSA) is 82.1 Å². The molecular formula is C17H29NO6. The number of hydrogen-bond donors (Lipinski definition) is 0. The number of rotatable bonds is 3. The van der Waals surface area contributed by atoms with Gasteiger partial charge in [0, 0.05) is 6.54 Å². The van der Waals surface area contributed by atoms with E-state index in [2.05, 4.69) is 0 Å². The molecule has 1 aliphatic heterocycles. The summed E-state index contributed by atoms with van der Waals surface area (Å²) in [7, 11) is 1.27. The van der Waals surface area contributed by atoms with Gasteiger partial charge in [0.2, 0.25) is 0 Å². The highest BCUT2D eigenvalue weighted by atomic mass is 16.6. The largest absolute Gasteiger partial charge is 0.467 e. The highest BCUT2D eigenvalue weighted by molar-refractivity contribution is 5.82. The molecule has 0 aromatic rings. The highest BCUT2D eigenvalue weighted by Gasteiger charge is 2.43. The number of esters is 2. The summed E-state index contributed by atoms with van der Waals surface area (Å²) in [6.45, 7) is 10.9. The lowest BCUT2D eigenvalue weighted by atomic mass is 10.0. The van der Waals surface area contributed by atoms with E-state index in [1.807, 2.05) is 0 Å². The molecule has 2 atom stereocenters. The minimum atomic E-state index is -0.739. The van der Waals surface area contributed by atoms with Crippen LogP contribution in [0.25, 0.3) is 0 Å². The molecule has 1 aliphatic rings. The van der Waals surface area contributed by atoms with E-state index in [4.69, 9.17) is 14.2 Å². The van der Waals surface area contributed by atoms with Gasteiger partial charge in [0.25, 0.3) is 0 Å². The van der Waals surface area contributed by atoms with E-state index in [0.29, 0.717) is 6.42 Å². The van der Waals surface area contributed by atoms with Crippen molar-refractivity contribution in [3.05, 3.63) is 0 Å². The van der Waals surface area contributed by atoms with Crippen molar-refractivity contribution >= 4 is 18.0 Å². The van der Waals surface area contributed by atoms with Gasteiger partial charge < -0.3 is 14.2 Å². The summed E-state index contributed by atoms with van der Waals surface area (Å²) in [5.41, 5.74) is -1.23. The maximum absolute atomic E-state index is 12.3. The summed E-state index contributed by atoms with van der Waals surface area (Å²) >= 11 is 0. The maximum Gasteiger partial charge on any atom is 0.411 e. The number of ether oxygens (including phenoxy) is 3. The predicted molar refractivity (Wildman–Crippen MR) is 87.3 cm³/mol. The van der Waals surface area contributed by atoms with Gasteiger partial charge in [0.1, 0.15) is 17.2 Å². The van der Waals surface area contributed by atoms with Crippen LogP contribution >= 0.6 is 0 Å². The Balaban J connectivity index is 2.78. The molecule has 0 radical (unpaired) electrons. The minimum Gasteiger partial charge on any atom is -0.467 e. The molecule has 138 valence electrons. The maximum atomic E-state index is 12.3. The molecule has 0 aliphatic carbocycles. The van der Waals surface area contributed by atoms with Gasteiger partial charge in [-0.25, -0.2) is 9.59 Å². The third kappa shape index (κ3) is 6.37. The van der Waals surface area contributed by atoms with Gasteiger partial charge >= 0.3 is 18.0 Å². The van der Waals surface area contributed by atoms with E-state index in [0.717, 1.165) is 0 Å². The molecular weight excluding hydrogens is 314 g/mol. The van der Waals surface area contributed by atoms with Crippen LogP contribution < -0.4 is 0 Å². The average molecular weight is 343 g/mol. The Morgan fingerprint density at radius 3 is 2.00 bits per heavy atom.